The molecule has 9 rings (SSSR count). The molecule has 0 spiro atoms. The van der Waals surface area contributed by atoms with E-state index in [-0.39, 0.29) is 47.7 Å². The van der Waals surface area contributed by atoms with Gasteiger partial charge < -0.3 is 24.5 Å². The fourth-order valence-corrected chi connectivity index (χ4v) is 9.47. The van der Waals surface area contributed by atoms with E-state index in [9.17, 15) is 23.9 Å². The number of phenolic OH excluding ortho intramolecular Hbond substituents is 1. The lowest BCUT2D eigenvalue weighted by Crippen LogP contribution is -2.52. The molecule has 5 aliphatic rings. The summed E-state index contributed by atoms with van der Waals surface area (Å²) in [5.41, 5.74) is 8.47. The highest BCUT2D eigenvalue weighted by Gasteiger charge is 2.39. The number of imide groups is 1. The first-order valence-electron chi connectivity index (χ1n) is 20.0. The summed E-state index contributed by atoms with van der Waals surface area (Å²) in [5.74, 6) is -0.312. The van der Waals surface area contributed by atoms with Gasteiger partial charge in [-0.3, -0.25) is 24.6 Å². The molecule has 3 saturated heterocycles. The quantitative estimate of drug-likeness (QED) is 0.220. The van der Waals surface area contributed by atoms with Crippen molar-refractivity contribution >= 4 is 29.1 Å². The number of anilines is 2. The van der Waals surface area contributed by atoms with Crippen LogP contribution in [0.4, 0.5) is 15.8 Å². The van der Waals surface area contributed by atoms with Crippen molar-refractivity contribution in [1.82, 2.24) is 15.1 Å². The fourth-order valence-electron chi connectivity index (χ4n) is 9.47. The van der Waals surface area contributed by atoms with Gasteiger partial charge in [-0.05, 0) is 114 Å². The first-order valence-corrected chi connectivity index (χ1v) is 20.0. The Kier molecular flexibility index (Phi) is 9.75. The summed E-state index contributed by atoms with van der Waals surface area (Å²) in [6.45, 7) is 9.45. The van der Waals surface area contributed by atoms with Gasteiger partial charge in [0.15, 0.2) is 0 Å². The van der Waals surface area contributed by atoms with Crippen LogP contribution in [0, 0.1) is 18.7 Å². The molecule has 56 heavy (non-hydrogen) atoms. The second kappa shape index (κ2) is 15.0. The number of carbonyl (C=O) groups is 3. The van der Waals surface area contributed by atoms with Crippen LogP contribution in [-0.4, -0.2) is 84.5 Å². The van der Waals surface area contributed by atoms with E-state index < -0.39 is 6.04 Å². The van der Waals surface area contributed by atoms with Crippen LogP contribution in [0.1, 0.15) is 81.4 Å². The molecule has 3 amide bonds. The second-order valence-corrected chi connectivity index (χ2v) is 16.2. The SMILES string of the molecule is Cc1ccc([C@H]2OCc3cc(O)ccc3[C@H]2c2ccc(N3CCC(CN4CCN(c5ccc6c(c5)CN([C@H]5CCC(=O)NC5=O)C6=O)CC4)CC3)cc2)cc1F. The molecule has 0 aromatic heterocycles. The van der Waals surface area contributed by atoms with Gasteiger partial charge in [0.1, 0.15) is 17.6 Å². The second-order valence-electron chi connectivity index (χ2n) is 16.2. The van der Waals surface area contributed by atoms with Gasteiger partial charge in [-0.2, -0.15) is 0 Å². The topological polar surface area (TPSA) is 106 Å². The number of nitrogens with zero attached hydrogens (tertiary/aromatic N) is 4. The average molecular weight is 758 g/mol. The van der Waals surface area contributed by atoms with Gasteiger partial charge >= 0.3 is 0 Å². The summed E-state index contributed by atoms with van der Waals surface area (Å²) in [6.07, 6.45) is 2.55. The molecule has 3 fully saturated rings. The van der Waals surface area contributed by atoms with Crippen LogP contribution in [0.15, 0.2) is 78.9 Å². The van der Waals surface area contributed by atoms with Gasteiger partial charge in [0.25, 0.3) is 5.91 Å². The van der Waals surface area contributed by atoms with Crippen molar-refractivity contribution in [3.63, 3.8) is 0 Å². The zero-order valence-corrected chi connectivity index (χ0v) is 31.8. The molecule has 290 valence electrons. The third-order valence-electron chi connectivity index (χ3n) is 12.7. The maximum atomic E-state index is 14.7. The van der Waals surface area contributed by atoms with Crippen molar-refractivity contribution in [1.29, 1.82) is 0 Å². The number of rotatable bonds is 7. The Balaban J connectivity index is 0.788. The number of fused-ring (bicyclic) bond motifs is 2. The Morgan fingerprint density at radius 1 is 0.786 bits per heavy atom. The van der Waals surface area contributed by atoms with Crippen molar-refractivity contribution in [2.45, 2.75) is 63.8 Å². The summed E-state index contributed by atoms with van der Waals surface area (Å²) < 4.78 is 21.1. The number of halogens is 1. The highest BCUT2D eigenvalue weighted by molar-refractivity contribution is 6.05. The van der Waals surface area contributed by atoms with E-state index in [1.807, 2.05) is 30.3 Å². The van der Waals surface area contributed by atoms with E-state index >= 15 is 0 Å². The van der Waals surface area contributed by atoms with E-state index in [0.717, 1.165) is 92.2 Å². The summed E-state index contributed by atoms with van der Waals surface area (Å²) in [7, 11) is 0. The molecule has 2 N–H and O–H groups in total. The standard InChI is InChI=1S/C45H48FN5O5/c1-28-2-3-31(24-39(28)46)43-42(37-11-9-36(52)23-33(37)27-56-43)30-4-6-34(7-5-30)49-16-14-29(15-17-49)25-48-18-20-50(21-19-48)35-8-10-38-32(22-35)26-51(45(38)55)40-12-13-41(53)47-44(40)54/h2-11,22-24,29,40,42-43,52H,12-21,25-27H2,1H3,(H,47,53,54)/t40-,42+,43+/m0/s1. The molecule has 0 unspecified atom stereocenters. The third-order valence-corrected chi connectivity index (χ3v) is 12.7. The largest absolute Gasteiger partial charge is 0.508 e. The molecule has 10 nitrogen and oxygen atoms in total. The predicted molar refractivity (Wildman–Crippen MR) is 211 cm³/mol. The predicted octanol–water partition coefficient (Wildman–Crippen LogP) is 6.04. The van der Waals surface area contributed by atoms with E-state index in [1.165, 1.54) is 5.69 Å². The molecule has 0 saturated carbocycles. The summed E-state index contributed by atoms with van der Waals surface area (Å²) >= 11 is 0. The van der Waals surface area contributed by atoms with Crippen molar-refractivity contribution in [3.8, 4) is 5.75 Å². The molecule has 0 bridgehead atoms. The molecule has 4 aromatic rings. The van der Waals surface area contributed by atoms with Gasteiger partial charge in [0, 0.05) is 81.6 Å². The molecule has 0 radical (unpaired) electrons. The summed E-state index contributed by atoms with van der Waals surface area (Å²) in [5, 5.41) is 12.6. The first kappa shape index (κ1) is 36.4. The zero-order valence-electron chi connectivity index (χ0n) is 31.8. The number of aromatic hydroxyl groups is 1. The normalized spacial score (nSPS) is 23.3. The molecule has 3 atom stereocenters. The molecule has 4 aromatic carbocycles. The number of benzene rings is 4. The number of aryl methyl sites for hydroxylation is 1. The number of piperidine rings is 2. The Hall–Kier alpha value is -5.26. The minimum absolute atomic E-state index is 0.135. The Morgan fingerprint density at radius 2 is 1.52 bits per heavy atom. The van der Waals surface area contributed by atoms with Crippen LogP contribution < -0.4 is 15.1 Å². The maximum Gasteiger partial charge on any atom is 0.255 e. The van der Waals surface area contributed by atoms with E-state index in [0.29, 0.717) is 36.6 Å². The molecule has 0 aliphatic carbocycles. The van der Waals surface area contributed by atoms with Crippen molar-refractivity contribution in [2.75, 3.05) is 55.6 Å². The van der Waals surface area contributed by atoms with Gasteiger partial charge in [0.2, 0.25) is 11.8 Å². The lowest BCUT2D eigenvalue weighted by Gasteiger charge is -2.40. The minimum Gasteiger partial charge on any atom is -0.508 e. The van der Waals surface area contributed by atoms with E-state index in [1.54, 1.807) is 30.0 Å². The summed E-state index contributed by atoms with van der Waals surface area (Å²) in [6, 6.07) is 25.0. The minimum atomic E-state index is -0.600. The number of carbonyl (C=O) groups excluding carboxylic acids is 3. The Labute approximate surface area is 326 Å². The molecule has 5 heterocycles. The number of amides is 3. The molecule has 5 aliphatic heterocycles. The van der Waals surface area contributed by atoms with Crippen LogP contribution in [0.3, 0.4) is 0 Å². The Morgan fingerprint density at radius 3 is 2.27 bits per heavy atom. The van der Waals surface area contributed by atoms with Crippen LogP contribution >= 0.6 is 0 Å². The molecule has 11 heteroatoms. The van der Waals surface area contributed by atoms with Crippen molar-refractivity contribution in [2.24, 2.45) is 5.92 Å². The van der Waals surface area contributed by atoms with E-state index in [4.69, 9.17) is 4.74 Å². The number of nitrogens with one attached hydrogen (secondary N) is 1. The number of piperazine rings is 1. The Bertz CT molecular complexity index is 2160. The zero-order chi connectivity index (χ0) is 38.5. The summed E-state index contributed by atoms with van der Waals surface area (Å²) in [4.78, 5) is 46.3. The van der Waals surface area contributed by atoms with Crippen molar-refractivity contribution in [3.05, 3.63) is 124 Å². The van der Waals surface area contributed by atoms with Crippen molar-refractivity contribution < 1.29 is 28.6 Å². The molecular formula is C45H48FN5O5. The molecular weight excluding hydrogens is 710 g/mol. The average Bonchev–Trinajstić information content (AvgIpc) is 3.54. The fraction of sp³-hybridized carbons (Fsp3) is 0.400. The van der Waals surface area contributed by atoms with Crippen LogP contribution in [-0.2, 0) is 27.5 Å². The van der Waals surface area contributed by atoms with Gasteiger partial charge in [-0.1, -0.05) is 30.3 Å². The van der Waals surface area contributed by atoms with Gasteiger partial charge in [-0.25, -0.2) is 4.39 Å². The van der Waals surface area contributed by atoms with Crippen LogP contribution in [0.5, 0.6) is 5.75 Å². The smallest absolute Gasteiger partial charge is 0.255 e. The number of hydrogen-bond donors (Lipinski definition) is 2. The number of phenols is 1. The van der Waals surface area contributed by atoms with Crippen LogP contribution in [0.25, 0.3) is 0 Å². The number of hydrogen-bond acceptors (Lipinski definition) is 8. The highest BCUT2D eigenvalue weighted by atomic mass is 19.1. The number of ether oxygens (including phenoxy) is 1. The lowest BCUT2D eigenvalue weighted by molar-refractivity contribution is -0.136. The maximum absolute atomic E-state index is 14.7. The third kappa shape index (κ3) is 7.03. The lowest BCUT2D eigenvalue weighted by atomic mass is 9.79. The van der Waals surface area contributed by atoms with Gasteiger partial charge in [-0.15, -0.1) is 0 Å². The van der Waals surface area contributed by atoms with Crippen LogP contribution in [0.2, 0.25) is 0 Å². The van der Waals surface area contributed by atoms with E-state index in [2.05, 4.69) is 50.3 Å². The first-order chi connectivity index (χ1) is 27.2. The monoisotopic (exact) mass is 757 g/mol. The highest BCUT2D eigenvalue weighted by Crippen LogP contribution is 2.46. The van der Waals surface area contributed by atoms with Gasteiger partial charge in [0.05, 0.1) is 12.7 Å².